The van der Waals surface area contributed by atoms with Crippen LogP contribution in [0.2, 0.25) is 5.31 Å². The number of esters is 4. The molecule has 62 heavy (non-hydrogen) atoms. The summed E-state index contributed by atoms with van der Waals surface area (Å²) in [5, 5.41) is 38.3. The molecule has 4 aliphatic carbocycles. The van der Waals surface area contributed by atoms with Crippen molar-refractivity contribution >= 4 is 37.6 Å². The molecule has 3 aromatic rings. The number of fused-ring (bicyclic) bond motifs is 4. The molecule has 14 nitrogen and oxygen atoms in total. The fraction of sp³-hybridized carbons (Fsp3) is 0.426. The molecule has 1 heterocycles. The van der Waals surface area contributed by atoms with Gasteiger partial charge in [0.1, 0.15) is 30.0 Å². The minimum absolute atomic E-state index is 0.0836. The highest BCUT2D eigenvalue weighted by Gasteiger charge is 2.86. The Balaban J connectivity index is 1.28. The molecule has 1 amide bonds. The third-order valence-electron chi connectivity index (χ3n) is 13.8. The zero-order chi connectivity index (χ0) is 44.6. The standard InChI is InChI=1S/C47H48BNO13/c1-25-32(60-41(56)37(53)36(28-15-9-6-10-16-28)49-39(54)29-17-11-7-12-18-29)23-45(57)42(61-40(55)30-19-13-8-14-20-30)47(48)44(33(52)21-34-46(47,24-58-34)62-27(3)51)22-31(44)38(59-26(2)50)35(25)43(45,4)5/h6-20,22,32-34,36-38,42,52-53,57H,21,23-24H2,1-5H3,(H,49,54)/t32?,33-,34+,36?,37?,38-,42?,44+,45+,46-,47+/m0/s1. The molecule has 4 unspecified atom stereocenters. The maximum atomic E-state index is 14.4. The van der Waals surface area contributed by atoms with E-state index in [0.29, 0.717) is 16.7 Å². The Kier molecular flexibility index (Phi) is 10.6. The Morgan fingerprint density at radius 1 is 0.855 bits per heavy atom. The maximum absolute atomic E-state index is 14.4. The smallest absolute Gasteiger partial charge is 0.338 e. The first-order chi connectivity index (χ1) is 29.3. The number of hydrogen-bond donors (Lipinski definition) is 4. The van der Waals surface area contributed by atoms with Gasteiger partial charge in [0, 0.05) is 48.4 Å². The van der Waals surface area contributed by atoms with Crippen molar-refractivity contribution in [3.8, 4) is 0 Å². The number of ether oxygens (including phenoxy) is 5. The quantitative estimate of drug-likeness (QED) is 0.0994. The van der Waals surface area contributed by atoms with E-state index in [-0.39, 0.29) is 29.7 Å². The molecule has 4 N–H and O–H groups in total. The van der Waals surface area contributed by atoms with Gasteiger partial charge < -0.3 is 44.3 Å². The molecule has 0 aromatic heterocycles. The predicted octanol–water partition coefficient (Wildman–Crippen LogP) is 3.80. The van der Waals surface area contributed by atoms with Crippen LogP contribution < -0.4 is 5.32 Å². The van der Waals surface area contributed by atoms with Gasteiger partial charge in [0.25, 0.3) is 5.91 Å². The minimum Gasteiger partial charge on any atom is -0.456 e. The highest BCUT2D eigenvalue weighted by atomic mass is 16.6. The van der Waals surface area contributed by atoms with E-state index in [2.05, 4.69) is 5.32 Å². The summed E-state index contributed by atoms with van der Waals surface area (Å²) in [6.07, 6.45) is -8.00. The van der Waals surface area contributed by atoms with Crippen LogP contribution in [0.5, 0.6) is 0 Å². The van der Waals surface area contributed by atoms with Crippen molar-refractivity contribution in [2.45, 2.75) is 107 Å². The number of carbonyl (C=O) groups excluding carboxylic acids is 5. The van der Waals surface area contributed by atoms with Crippen LogP contribution in [0.15, 0.2) is 114 Å². The van der Waals surface area contributed by atoms with Crippen LogP contribution >= 0.6 is 0 Å². The molecule has 1 saturated heterocycles. The Bertz CT molecular complexity index is 2370. The molecule has 8 rings (SSSR count). The number of benzene rings is 3. The molecule has 322 valence electrons. The van der Waals surface area contributed by atoms with E-state index in [4.69, 9.17) is 31.5 Å². The van der Waals surface area contributed by atoms with Crippen LogP contribution in [0.25, 0.3) is 0 Å². The largest absolute Gasteiger partial charge is 0.456 e. The summed E-state index contributed by atoms with van der Waals surface area (Å²) in [5.74, 6) is -4.16. The third-order valence-corrected chi connectivity index (χ3v) is 13.8. The Morgan fingerprint density at radius 3 is 2.02 bits per heavy atom. The first-order valence-electron chi connectivity index (χ1n) is 20.5. The Hall–Kier alpha value is -5.61. The van der Waals surface area contributed by atoms with Crippen molar-refractivity contribution in [1.29, 1.82) is 0 Å². The van der Waals surface area contributed by atoms with Gasteiger partial charge in [-0.2, -0.15) is 0 Å². The second-order valence-corrected chi connectivity index (χ2v) is 17.5. The molecule has 5 aliphatic rings. The van der Waals surface area contributed by atoms with Gasteiger partial charge in [0.2, 0.25) is 0 Å². The van der Waals surface area contributed by atoms with Crippen molar-refractivity contribution in [3.05, 3.63) is 130 Å². The van der Waals surface area contributed by atoms with Crippen molar-refractivity contribution in [1.82, 2.24) is 5.32 Å². The second kappa shape index (κ2) is 15.3. The lowest BCUT2D eigenvalue weighted by atomic mass is 9.35. The zero-order valence-electron chi connectivity index (χ0n) is 34.9. The van der Waals surface area contributed by atoms with E-state index < -0.39 is 106 Å². The van der Waals surface area contributed by atoms with Gasteiger partial charge in [-0.1, -0.05) is 86.7 Å². The van der Waals surface area contributed by atoms with Gasteiger partial charge in [0.15, 0.2) is 11.7 Å². The summed E-state index contributed by atoms with van der Waals surface area (Å²) < 4.78 is 30.8. The van der Waals surface area contributed by atoms with Gasteiger partial charge in [-0.05, 0) is 53.5 Å². The number of carbonyl (C=O) groups is 5. The Labute approximate surface area is 359 Å². The second-order valence-electron chi connectivity index (χ2n) is 17.5. The lowest BCUT2D eigenvalue weighted by Crippen LogP contribution is -2.81. The lowest BCUT2D eigenvalue weighted by Gasteiger charge is -2.71. The molecule has 2 bridgehead atoms. The number of aliphatic hydroxyl groups excluding tert-OH is 2. The summed E-state index contributed by atoms with van der Waals surface area (Å²) in [6, 6.07) is 23.2. The maximum Gasteiger partial charge on any atom is 0.338 e. The molecule has 3 aromatic carbocycles. The van der Waals surface area contributed by atoms with E-state index in [0.717, 1.165) is 0 Å². The number of hydrogen-bond acceptors (Lipinski definition) is 13. The van der Waals surface area contributed by atoms with Gasteiger partial charge >= 0.3 is 23.9 Å². The number of rotatable bonds is 10. The van der Waals surface area contributed by atoms with Gasteiger partial charge in [-0.25, -0.2) is 9.59 Å². The SMILES string of the molecule is [B][C@]12C(OC(=O)c3ccccc3)[C@]3(O)CC(OC(=O)C(O)C(NC(=O)c4ccccc4)c4ccccc4)C(C)=C([C@@H](OC(C)=O)C4=C[C@]41[C@@H](O)C[C@H]1OC[C@]12OC(C)=O)C3(C)C. The third kappa shape index (κ3) is 6.34. The van der Waals surface area contributed by atoms with Gasteiger partial charge in [0.05, 0.1) is 32.2 Å². The highest BCUT2D eigenvalue weighted by Crippen LogP contribution is 2.80. The monoisotopic (exact) mass is 845 g/mol. The van der Waals surface area contributed by atoms with Crippen LogP contribution in [0.3, 0.4) is 0 Å². The zero-order valence-corrected chi connectivity index (χ0v) is 34.9. The topological polar surface area (TPSA) is 204 Å². The first kappa shape index (κ1) is 43.1. The summed E-state index contributed by atoms with van der Waals surface area (Å²) in [4.78, 5) is 68.3. The molecule has 2 saturated carbocycles. The summed E-state index contributed by atoms with van der Waals surface area (Å²) >= 11 is 0. The summed E-state index contributed by atoms with van der Waals surface area (Å²) in [6.45, 7) is 7.00. The van der Waals surface area contributed by atoms with Gasteiger partial charge in [-0.3, -0.25) is 14.4 Å². The van der Waals surface area contributed by atoms with Crippen molar-refractivity contribution in [3.63, 3.8) is 0 Å². The van der Waals surface area contributed by atoms with Gasteiger partial charge in [-0.15, -0.1) is 0 Å². The van der Waals surface area contributed by atoms with Crippen molar-refractivity contribution in [2.75, 3.05) is 6.61 Å². The molecular formula is C47H48BNO13. The van der Waals surface area contributed by atoms with E-state index >= 15 is 0 Å². The molecule has 1 spiro atoms. The number of aliphatic hydroxyl groups is 3. The van der Waals surface area contributed by atoms with E-state index in [1.807, 2.05) is 0 Å². The van der Waals surface area contributed by atoms with E-state index in [9.17, 15) is 39.3 Å². The average Bonchev–Trinajstić information content (AvgIpc) is 4.00. The van der Waals surface area contributed by atoms with Crippen molar-refractivity contribution < 1.29 is 63.0 Å². The van der Waals surface area contributed by atoms with E-state index in [1.165, 1.54) is 26.0 Å². The first-order valence-corrected chi connectivity index (χ1v) is 20.5. The normalized spacial score (nSPS) is 33.4. The fourth-order valence-corrected chi connectivity index (χ4v) is 10.6. The van der Waals surface area contributed by atoms with Crippen LogP contribution in [-0.4, -0.2) is 107 Å². The van der Waals surface area contributed by atoms with Crippen LogP contribution in [0.1, 0.15) is 79.8 Å². The molecule has 15 heteroatoms. The molecular weight excluding hydrogens is 797 g/mol. The molecule has 2 radical (unpaired) electrons. The summed E-state index contributed by atoms with van der Waals surface area (Å²) in [5.41, 5.74) is -5.82. The lowest BCUT2D eigenvalue weighted by molar-refractivity contribution is -0.330. The summed E-state index contributed by atoms with van der Waals surface area (Å²) in [7, 11) is 7.75. The van der Waals surface area contributed by atoms with Crippen LogP contribution in [0, 0.1) is 10.8 Å². The fourth-order valence-electron chi connectivity index (χ4n) is 10.6. The van der Waals surface area contributed by atoms with Crippen molar-refractivity contribution in [2.24, 2.45) is 10.8 Å². The molecule has 11 atom stereocenters. The average molecular weight is 846 g/mol. The minimum atomic E-state index is -2.39. The van der Waals surface area contributed by atoms with E-state index in [1.54, 1.807) is 106 Å². The molecule has 3 fully saturated rings. The Morgan fingerprint density at radius 2 is 1.45 bits per heavy atom. The van der Waals surface area contributed by atoms with Crippen LogP contribution in [-0.2, 0) is 38.1 Å². The predicted molar refractivity (Wildman–Crippen MR) is 220 cm³/mol. The number of nitrogens with one attached hydrogen (secondary N) is 1. The van der Waals surface area contributed by atoms with Crippen LogP contribution in [0.4, 0.5) is 0 Å². The highest BCUT2D eigenvalue weighted by molar-refractivity contribution is 6.20. The molecule has 1 aliphatic heterocycles. The number of amides is 1.